The highest BCUT2D eigenvalue weighted by Crippen LogP contribution is 2.45. The summed E-state index contributed by atoms with van der Waals surface area (Å²) in [6.45, 7) is 4.49. The Hall–Kier alpha value is -7.60. The number of carbonyl (C=O) groups is 4. The molecule has 0 radical (unpaired) electrons. The molecule has 12 heteroatoms. The summed E-state index contributed by atoms with van der Waals surface area (Å²) in [5.41, 5.74) is 5.46. The Morgan fingerprint density at radius 1 is 0.581 bits per heavy atom. The largest absolute Gasteiger partial charge is 0.453 e. The summed E-state index contributed by atoms with van der Waals surface area (Å²) >= 11 is 0. The van der Waals surface area contributed by atoms with Crippen LogP contribution in [-0.4, -0.2) is 51.7 Å². The minimum atomic E-state index is -0.835. The molecule has 0 amide bonds. The first kappa shape index (κ1) is 38.6. The number of Topliss-reactive ketones (excluding diaryl/α,β-unsaturated/α-hetero) is 2. The zero-order chi connectivity index (χ0) is 42.5. The summed E-state index contributed by atoms with van der Waals surface area (Å²) in [6, 6.07) is 34.8. The average Bonchev–Trinajstić information content (AvgIpc) is 4.07. The first-order valence-electron chi connectivity index (χ1n) is 20.8. The fourth-order valence-corrected chi connectivity index (χ4v) is 9.41. The van der Waals surface area contributed by atoms with E-state index in [0.717, 1.165) is 57.0 Å². The molecule has 4 unspecified atom stereocenters. The SMILES string of the molecule is Cc1nccn1CC1CC(OC(=O)/C=C\C(=O)OC2CC(Cn3ccnc3C)C(=O)c3c2n(-c2ccccc2)c2ccccc32)c2c(c3ccccc3n2-c2ccccc2)C1=O. The Balaban J connectivity index is 0.980. The number of carbonyl (C=O) groups excluding carboxylic acids is 4. The topological polar surface area (TPSA) is 132 Å². The maximum atomic E-state index is 14.5. The van der Waals surface area contributed by atoms with Crippen LogP contribution in [0.2, 0.25) is 0 Å². The first-order valence-corrected chi connectivity index (χ1v) is 20.8. The van der Waals surface area contributed by atoms with Gasteiger partial charge in [-0.15, -0.1) is 0 Å². The van der Waals surface area contributed by atoms with E-state index < -0.39 is 36.0 Å². The van der Waals surface area contributed by atoms with Gasteiger partial charge in [0, 0.05) is 96.9 Å². The number of aromatic nitrogens is 6. The molecule has 0 bridgehead atoms. The number of aryl methyl sites for hydroxylation is 2. The van der Waals surface area contributed by atoms with Crippen molar-refractivity contribution >= 4 is 45.3 Å². The van der Waals surface area contributed by atoms with Gasteiger partial charge in [0.2, 0.25) is 0 Å². The van der Waals surface area contributed by atoms with Gasteiger partial charge in [0.15, 0.2) is 11.6 Å². The van der Waals surface area contributed by atoms with E-state index in [4.69, 9.17) is 9.47 Å². The fourth-order valence-electron chi connectivity index (χ4n) is 9.41. The van der Waals surface area contributed by atoms with Gasteiger partial charge in [-0.3, -0.25) is 9.59 Å². The molecule has 0 N–H and O–H groups in total. The van der Waals surface area contributed by atoms with Crippen LogP contribution in [0.1, 0.15) is 68.8 Å². The molecule has 0 aliphatic heterocycles. The molecule has 4 heterocycles. The number of ether oxygens (including phenoxy) is 2. The van der Waals surface area contributed by atoms with Crippen molar-refractivity contribution < 1.29 is 28.7 Å². The van der Waals surface area contributed by atoms with E-state index in [9.17, 15) is 19.2 Å². The van der Waals surface area contributed by atoms with Crippen molar-refractivity contribution in [2.24, 2.45) is 11.8 Å². The van der Waals surface area contributed by atoms with Crippen molar-refractivity contribution in [2.75, 3.05) is 0 Å². The molecule has 12 nitrogen and oxygen atoms in total. The molecule has 10 rings (SSSR count). The van der Waals surface area contributed by atoms with Crippen LogP contribution in [0.15, 0.2) is 146 Å². The van der Waals surface area contributed by atoms with Gasteiger partial charge < -0.3 is 27.7 Å². The second kappa shape index (κ2) is 15.8. The van der Waals surface area contributed by atoms with E-state index in [1.807, 2.05) is 154 Å². The summed E-state index contributed by atoms with van der Waals surface area (Å²) in [5, 5.41) is 1.53. The van der Waals surface area contributed by atoms with Gasteiger partial charge >= 0.3 is 11.9 Å². The number of para-hydroxylation sites is 4. The highest BCUT2D eigenvalue weighted by atomic mass is 16.5. The Morgan fingerprint density at radius 3 is 1.35 bits per heavy atom. The number of hydrogen-bond acceptors (Lipinski definition) is 8. The van der Waals surface area contributed by atoms with Gasteiger partial charge in [-0.2, -0.15) is 0 Å². The van der Waals surface area contributed by atoms with Gasteiger partial charge in [0.05, 0.1) is 33.5 Å². The highest BCUT2D eigenvalue weighted by Gasteiger charge is 2.42. The molecule has 4 atom stereocenters. The number of rotatable bonds is 10. The van der Waals surface area contributed by atoms with Crippen LogP contribution in [0.25, 0.3) is 33.2 Å². The van der Waals surface area contributed by atoms with Crippen LogP contribution < -0.4 is 0 Å². The Kier molecular flexibility index (Phi) is 9.82. The van der Waals surface area contributed by atoms with Gasteiger partial charge in [0.25, 0.3) is 0 Å². The van der Waals surface area contributed by atoms with Crippen molar-refractivity contribution in [3.05, 3.63) is 180 Å². The zero-order valence-corrected chi connectivity index (χ0v) is 34.1. The Morgan fingerprint density at radius 2 is 0.968 bits per heavy atom. The van der Waals surface area contributed by atoms with E-state index in [-0.39, 0.29) is 24.4 Å². The van der Waals surface area contributed by atoms with E-state index >= 15 is 0 Å². The molecular weight excluding hydrogens is 781 g/mol. The van der Waals surface area contributed by atoms with Crippen molar-refractivity contribution in [3.8, 4) is 11.4 Å². The molecule has 8 aromatic rings. The lowest BCUT2D eigenvalue weighted by Gasteiger charge is -2.30. The fraction of sp³-hybridized carbons (Fsp3) is 0.200. The molecule has 0 saturated heterocycles. The van der Waals surface area contributed by atoms with Gasteiger partial charge in [-0.1, -0.05) is 72.8 Å². The normalized spacial score (nSPS) is 18.6. The van der Waals surface area contributed by atoms with E-state index in [1.54, 1.807) is 12.4 Å². The number of hydrogen-bond donors (Lipinski definition) is 0. The van der Waals surface area contributed by atoms with Crippen LogP contribution >= 0.6 is 0 Å². The number of imidazole rings is 2. The second-order valence-electron chi connectivity index (χ2n) is 15.9. The highest BCUT2D eigenvalue weighted by molar-refractivity contribution is 6.13. The lowest BCUT2D eigenvalue weighted by Crippen LogP contribution is -2.32. The smallest absolute Gasteiger partial charge is 0.331 e. The van der Waals surface area contributed by atoms with Crippen molar-refractivity contribution in [1.29, 1.82) is 0 Å². The quantitative estimate of drug-likeness (QED) is 0.0988. The van der Waals surface area contributed by atoms with Crippen LogP contribution in [0.4, 0.5) is 0 Å². The minimum Gasteiger partial charge on any atom is -0.453 e. The molecule has 2 aliphatic rings. The third-order valence-corrected chi connectivity index (χ3v) is 12.2. The Labute approximate surface area is 356 Å². The number of ketones is 2. The summed E-state index contributed by atoms with van der Waals surface area (Å²) in [5.74, 6) is -1.09. The maximum absolute atomic E-state index is 14.5. The van der Waals surface area contributed by atoms with Gasteiger partial charge in [-0.25, -0.2) is 19.6 Å². The van der Waals surface area contributed by atoms with E-state index in [2.05, 4.69) is 9.97 Å². The monoisotopic (exact) mass is 822 g/mol. The third-order valence-electron chi connectivity index (χ3n) is 12.2. The molecular formula is C50H42N6O6. The van der Waals surface area contributed by atoms with Crippen LogP contribution in [0.5, 0.6) is 0 Å². The van der Waals surface area contributed by atoms with Crippen molar-refractivity contribution in [1.82, 2.24) is 28.2 Å². The van der Waals surface area contributed by atoms with E-state index in [0.29, 0.717) is 35.6 Å². The number of fused-ring (bicyclic) bond motifs is 6. The second-order valence-corrected chi connectivity index (χ2v) is 15.9. The lowest BCUT2D eigenvalue weighted by atomic mass is 9.83. The summed E-state index contributed by atoms with van der Waals surface area (Å²) < 4.78 is 20.4. The predicted octanol–water partition coefficient (Wildman–Crippen LogP) is 8.81. The molecule has 0 spiro atoms. The van der Waals surface area contributed by atoms with Crippen LogP contribution in [-0.2, 0) is 32.2 Å². The maximum Gasteiger partial charge on any atom is 0.331 e. The molecule has 308 valence electrons. The first-order chi connectivity index (χ1) is 30.2. The third kappa shape index (κ3) is 6.73. The summed E-state index contributed by atoms with van der Waals surface area (Å²) in [4.78, 5) is 65.5. The van der Waals surface area contributed by atoms with E-state index in [1.165, 1.54) is 0 Å². The molecule has 0 saturated carbocycles. The zero-order valence-electron chi connectivity index (χ0n) is 34.1. The standard InChI is InChI=1S/C50H42N6O6/c1-31-51-23-25-53(31)29-33-27-41(47-45(49(33)59)37-17-9-11-19-39(37)55(47)35-13-5-3-6-14-35)61-43(57)21-22-44(58)62-42-28-34(30-54-26-24-52-32(54)2)50(60)46-38-18-10-12-20-40(38)56(48(42)46)36-15-7-4-8-16-36/h3-26,33-34,41-42H,27-30H2,1-2H3/b22-21-. The van der Waals surface area contributed by atoms with Gasteiger partial charge in [0.1, 0.15) is 23.9 Å². The molecule has 4 aromatic heterocycles. The number of nitrogens with zero attached hydrogens (tertiary/aromatic N) is 6. The Bertz CT molecular complexity index is 2860. The number of benzene rings is 4. The number of esters is 2. The predicted molar refractivity (Wildman–Crippen MR) is 232 cm³/mol. The molecule has 2 aliphatic carbocycles. The molecule has 4 aromatic carbocycles. The average molecular weight is 823 g/mol. The van der Waals surface area contributed by atoms with Crippen LogP contribution in [0.3, 0.4) is 0 Å². The van der Waals surface area contributed by atoms with Crippen LogP contribution in [0, 0.1) is 25.7 Å². The van der Waals surface area contributed by atoms with Crippen molar-refractivity contribution in [2.45, 2.75) is 52.0 Å². The molecule has 62 heavy (non-hydrogen) atoms. The summed E-state index contributed by atoms with van der Waals surface area (Å²) in [7, 11) is 0. The molecule has 0 fully saturated rings. The lowest BCUT2D eigenvalue weighted by molar-refractivity contribution is -0.147. The summed E-state index contributed by atoms with van der Waals surface area (Å²) in [6.07, 6.45) is 8.01. The van der Waals surface area contributed by atoms with Crippen molar-refractivity contribution in [3.63, 3.8) is 0 Å². The minimum absolute atomic E-state index is 0.0369. The van der Waals surface area contributed by atoms with Gasteiger partial charge in [-0.05, 0) is 50.2 Å².